The maximum absolute atomic E-state index is 13.6. The summed E-state index contributed by atoms with van der Waals surface area (Å²) in [6.45, 7) is 17.7. The van der Waals surface area contributed by atoms with Crippen LogP contribution in [0, 0.1) is 5.41 Å². The Morgan fingerprint density at radius 3 is 2.20 bits per heavy atom. The molecule has 0 aliphatic heterocycles. The first kappa shape index (κ1) is 33.1. The second-order valence-electron chi connectivity index (χ2n) is 11.3. The van der Waals surface area contributed by atoms with Crippen LogP contribution in [-0.2, 0) is 26.2 Å². The number of nitrogens with zero attached hydrogens (tertiary/aromatic N) is 2. The van der Waals surface area contributed by atoms with E-state index in [1.165, 1.54) is 18.2 Å². The molecule has 1 amide bonds. The molecule has 0 saturated carbocycles. The average molecular weight is 575 g/mol. The van der Waals surface area contributed by atoms with Crippen LogP contribution in [0.3, 0.4) is 0 Å². The van der Waals surface area contributed by atoms with E-state index in [1.807, 2.05) is 67.5 Å². The van der Waals surface area contributed by atoms with Crippen molar-refractivity contribution in [3.8, 4) is 5.75 Å². The van der Waals surface area contributed by atoms with Crippen LogP contribution < -0.4 is 9.08 Å². The predicted octanol–water partition coefficient (Wildman–Crippen LogP) is 6.43. The highest BCUT2D eigenvalue weighted by atomic mass is 32.2. The van der Waals surface area contributed by atoms with Gasteiger partial charge in [0.1, 0.15) is 10.6 Å². The zero-order valence-corrected chi connectivity index (χ0v) is 26.1. The van der Waals surface area contributed by atoms with E-state index >= 15 is 0 Å². The lowest BCUT2D eigenvalue weighted by molar-refractivity contribution is -0.135. The van der Waals surface area contributed by atoms with Gasteiger partial charge in [0.25, 0.3) is 0 Å². The van der Waals surface area contributed by atoms with Gasteiger partial charge < -0.3 is 18.7 Å². The number of rotatable bonds is 14. The minimum Gasteiger partial charge on any atom is -0.462 e. The minimum absolute atomic E-state index is 0.0238. The Morgan fingerprint density at radius 2 is 1.62 bits per heavy atom. The third kappa shape index (κ3) is 9.25. The van der Waals surface area contributed by atoms with E-state index in [9.17, 15) is 18.0 Å². The van der Waals surface area contributed by atoms with E-state index in [2.05, 4.69) is 4.90 Å². The highest BCUT2D eigenvalue weighted by Crippen LogP contribution is 2.32. The summed E-state index contributed by atoms with van der Waals surface area (Å²) in [6, 6.07) is 11.2. The fraction of sp³-hybridized carbons (Fsp3) is 0.548. The van der Waals surface area contributed by atoms with Crippen molar-refractivity contribution >= 4 is 27.7 Å². The number of carbonyl (C=O) groups is 2. The minimum atomic E-state index is -4.43. The molecular formula is C31H46N2O6S. The summed E-state index contributed by atoms with van der Waals surface area (Å²) >= 11 is 0. The van der Waals surface area contributed by atoms with Gasteiger partial charge in [-0.05, 0) is 57.7 Å². The molecule has 0 radical (unpaired) electrons. The topological polar surface area (TPSA) is 93.2 Å². The molecule has 0 unspecified atom stereocenters. The monoisotopic (exact) mass is 574 g/mol. The fourth-order valence-electron chi connectivity index (χ4n) is 4.24. The second kappa shape index (κ2) is 14.5. The summed E-state index contributed by atoms with van der Waals surface area (Å²) < 4.78 is 38.4. The quantitative estimate of drug-likeness (QED) is 0.146. The third-order valence-electron chi connectivity index (χ3n) is 6.45. The highest BCUT2D eigenvalue weighted by Gasteiger charge is 2.28. The van der Waals surface area contributed by atoms with Crippen molar-refractivity contribution in [2.24, 2.45) is 5.41 Å². The molecule has 0 heterocycles. The summed E-state index contributed by atoms with van der Waals surface area (Å²) in [5.41, 5.74) is 1.07. The fourth-order valence-corrected chi connectivity index (χ4v) is 5.38. The molecule has 0 fully saturated rings. The maximum Gasteiger partial charge on any atom is 0.340 e. The van der Waals surface area contributed by atoms with Gasteiger partial charge in [-0.1, -0.05) is 52.3 Å². The SMILES string of the molecule is CCCCOC(=O)c1ccccc1S(=O)(=O)Oc1cc(N(CC)CC)ccc1CN(C(=O)CC(C)(C)C)C(C)C. The van der Waals surface area contributed by atoms with Crippen LogP contribution >= 0.6 is 0 Å². The Labute approximate surface area is 240 Å². The lowest BCUT2D eigenvalue weighted by Crippen LogP contribution is -2.38. The first-order chi connectivity index (χ1) is 18.7. The molecular weight excluding hydrogens is 528 g/mol. The van der Waals surface area contributed by atoms with Crippen molar-refractivity contribution < 1.29 is 26.9 Å². The molecule has 0 saturated heterocycles. The molecule has 0 aliphatic carbocycles. The van der Waals surface area contributed by atoms with Crippen molar-refractivity contribution in [1.29, 1.82) is 0 Å². The Balaban J connectivity index is 2.55. The van der Waals surface area contributed by atoms with Crippen LogP contribution in [0.25, 0.3) is 0 Å². The summed E-state index contributed by atoms with van der Waals surface area (Å²) in [5.74, 6) is -0.621. The molecule has 0 aliphatic rings. The van der Waals surface area contributed by atoms with Crippen molar-refractivity contribution in [1.82, 2.24) is 4.90 Å². The lowest BCUT2D eigenvalue weighted by atomic mass is 9.91. The second-order valence-corrected chi connectivity index (χ2v) is 12.9. The molecule has 222 valence electrons. The van der Waals surface area contributed by atoms with Gasteiger partial charge in [0, 0.05) is 49.4 Å². The highest BCUT2D eigenvalue weighted by molar-refractivity contribution is 7.87. The summed E-state index contributed by atoms with van der Waals surface area (Å²) in [7, 11) is -4.43. The molecule has 9 heteroatoms. The van der Waals surface area contributed by atoms with E-state index in [4.69, 9.17) is 8.92 Å². The van der Waals surface area contributed by atoms with Crippen molar-refractivity contribution in [3.63, 3.8) is 0 Å². The first-order valence-electron chi connectivity index (χ1n) is 14.1. The van der Waals surface area contributed by atoms with E-state index in [1.54, 1.807) is 17.0 Å². The van der Waals surface area contributed by atoms with Crippen molar-refractivity contribution in [2.45, 2.75) is 92.1 Å². The number of unbranched alkanes of at least 4 members (excludes halogenated alkanes) is 1. The molecule has 0 bridgehead atoms. The van der Waals surface area contributed by atoms with E-state index in [0.29, 0.717) is 18.4 Å². The van der Waals surface area contributed by atoms with Crippen LogP contribution in [0.5, 0.6) is 5.75 Å². The molecule has 0 aromatic heterocycles. The van der Waals surface area contributed by atoms with E-state index < -0.39 is 16.1 Å². The smallest absolute Gasteiger partial charge is 0.340 e. The molecule has 40 heavy (non-hydrogen) atoms. The molecule has 2 aromatic rings. The number of ether oxygens (including phenoxy) is 1. The lowest BCUT2D eigenvalue weighted by Gasteiger charge is -2.31. The Morgan fingerprint density at radius 1 is 0.975 bits per heavy atom. The molecule has 8 nitrogen and oxygen atoms in total. The molecule has 2 rings (SSSR count). The molecule has 0 atom stereocenters. The van der Waals surface area contributed by atoms with Gasteiger partial charge in [0.15, 0.2) is 0 Å². The third-order valence-corrected chi connectivity index (χ3v) is 7.75. The summed E-state index contributed by atoms with van der Waals surface area (Å²) in [4.78, 5) is 29.5. The van der Waals surface area contributed by atoms with Crippen LogP contribution in [0.4, 0.5) is 5.69 Å². The number of benzene rings is 2. The zero-order chi connectivity index (χ0) is 30.1. The van der Waals surface area contributed by atoms with Gasteiger partial charge in [0.05, 0.1) is 12.2 Å². The normalized spacial score (nSPS) is 11.8. The number of hydrogen-bond acceptors (Lipinski definition) is 7. The number of carbonyl (C=O) groups excluding carboxylic acids is 2. The van der Waals surface area contributed by atoms with Gasteiger partial charge in [-0.3, -0.25) is 4.79 Å². The van der Waals surface area contributed by atoms with Gasteiger partial charge in [-0.25, -0.2) is 4.79 Å². The van der Waals surface area contributed by atoms with Crippen LogP contribution in [0.2, 0.25) is 0 Å². The number of amides is 1. The summed E-state index contributed by atoms with van der Waals surface area (Å²) in [5, 5.41) is 0. The standard InChI is InChI=1S/C31H46N2O6S/c1-9-12-19-38-30(35)26-15-13-14-16-28(26)40(36,37)39-27-20-25(32(10-2)11-3)18-17-24(27)22-33(23(4)5)29(34)21-31(6,7)8/h13-18,20,23H,9-12,19,21-22H2,1-8H3. The first-order valence-corrected chi connectivity index (χ1v) is 15.5. The zero-order valence-electron chi connectivity index (χ0n) is 25.3. The number of esters is 1. The molecule has 0 N–H and O–H groups in total. The largest absolute Gasteiger partial charge is 0.462 e. The van der Waals surface area contributed by atoms with Gasteiger partial charge in [0.2, 0.25) is 5.91 Å². The summed E-state index contributed by atoms with van der Waals surface area (Å²) in [6.07, 6.45) is 1.87. The van der Waals surface area contributed by atoms with Crippen LogP contribution in [0.15, 0.2) is 47.4 Å². The van der Waals surface area contributed by atoms with Gasteiger partial charge >= 0.3 is 16.1 Å². The Bertz CT molecular complexity index is 1250. The Hall–Kier alpha value is -3.07. The molecule has 2 aromatic carbocycles. The number of hydrogen-bond donors (Lipinski definition) is 0. The van der Waals surface area contributed by atoms with Crippen LogP contribution in [0.1, 0.15) is 90.6 Å². The van der Waals surface area contributed by atoms with Gasteiger partial charge in [-0.15, -0.1) is 0 Å². The Kier molecular flexibility index (Phi) is 12.0. The van der Waals surface area contributed by atoms with E-state index in [0.717, 1.165) is 25.2 Å². The van der Waals surface area contributed by atoms with Crippen molar-refractivity contribution in [3.05, 3.63) is 53.6 Å². The predicted molar refractivity (Wildman–Crippen MR) is 159 cm³/mol. The average Bonchev–Trinajstić information content (AvgIpc) is 2.87. The van der Waals surface area contributed by atoms with E-state index in [-0.39, 0.29) is 46.7 Å². The molecule has 0 spiro atoms. The van der Waals surface area contributed by atoms with Crippen molar-refractivity contribution in [2.75, 3.05) is 24.6 Å². The maximum atomic E-state index is 13.6. The van der Waals surface area contributed by atoms with Crippen LogP contribution in [-0.4, -0.2) is 50.9 Å². The van der Waals surface area contributed by atoms with Gasteiger partial charge in [-0.2, -0.15) is 8.42 Å². The number of anilines is 1.